The molecule has 0 N–H and O–H groups in total. The van der Waals surface area contributed by atoms with E-state index < -0.39 is 5.97 Å². The van der Waals surface area contributed by atoms with E-state index in [9.17, 15) is 4.79 Å². The molecule has 1 rings (SSSR count). The molecular weight excluding hydrogens is 316 g/mol. The maximum absolute atomic E-state index is 12.0. The van der Waals surface area contributed by atoms with Crippen molar-refractivity contribution in [3.63, 3.8) is 0 Å². The zero-order chi connectivity index (χ0) is 18.3. The van der Waals surface area contributed by atoms with Crippen molar-refractivity contribution in [1.82, 2.24) is 0 Å². The lowest BCUT2D eigenvalue weighted by atomic mass is 10.1. The highest BCUT2D eigenvalue weighted by atomic mass is 16.6. The maximum Gasteiger partial charge on any atom is 0.373 e. The molecule has 0 atom stereocenters. The molecule has 1 aliphatic heterocycles. The number of carbonyl (C=O) groups excluding carboxylic acids is 1. The molecule has 0 saturated heterocycles. The molecule has 0 bridgehead atoms. The summed E-state index contributed by atoms with van der Waals surface area (Å²) in [4.78, 5) is 12.0. The van der Waals surface area contributed by atoms with E-state index >= 15 is 0 Å². The number of hydrogen-bond donors (Lipinski definition) is 0. The average molecular weight is 348 g/mol. The largest absolute Gasteiger partial charge is 0.501 e. The van der Waals surface area contributed by atoms with Gasteiger partial charge in [0.15, 0.2) is 0 Å². The second kappa shape index (κ2) is 13.3. The monoisotopic (exact) mass is 348 g/mol. The number of cyclic esters (lactones) is 1. The third-order valence-corrected chi connectivity index (χ3v) is 4.07. The van der Waals surface area contributed by atoms with Crippen molar-refractivity contribution < 1.29 is 19.0 Å². The van der Waals surface area contributed by atoms with E-state index in [1.165, 1.54) is 26.4 Å². The molecule has 1 aliphatic rings. The summed E-state index contributed by atoms with van der Waals surface area (Å²) in [6, 6.07) is 0. The van der Waals surface area contributed by atoms with Crippen LogP contribution >= 0.6 is 0 Å². The first-order valence-corrected chi connectivity index (χ1v) is 9.16. The van der Waals surface area contributed by atoms with Crippen molar-refractivity contribution in [1.29, 1.82) is 0 Å². The van der Waals surface area contributed by atoms with E-state index in [4.69, 9.17) is 14.2 Å². The Labute approximate surface area is 152 Å². The molecule has 0 aliphatic carbocycles. The number of ether oxygens (including phenoxy) is 3. The van der Waals surface area contributed by atoms with Crippen LogP contribution in [0.15, 0.2) is 47.5 Å². The Balaban J connectivity index is 2.71. The lowest BCUT2D eigenvalue weighted by Gasteiger charge is -2.06. The van der Waals surface area contributed by atoms with E-state index in [1.807, 2.05) is 25.2 Å². The van der Waals surface area contributed by atoms with Crippen LogP contribution in [-0.4, -0.2) is 26.8 Å². The Kier molecular flexibility index (Phi) is 11.2. The van der Waals surface area contributed by atoms with Crippen LogP contribution in [0.25, 0.3) is 0 Å². The third-order valence-electron chi connectivity index (χ3n) is 4.07. The normalized spacial score (nSPS) is 26.8. The molecule has 4 nitrogen and oxygen atoms in total. The minimum absolute atomic E-state index is 0.247. The lowest BCUT2D eigenvalue weighted by molar-refractivity contribution is -0.142. The molecule has 4 heteroatoms. The molecule has 0 aromatic rings. The molecule has 0 aromatic carbocycles. The van der Waals surface area contributed by atoms with E-state index in [-0.39, 0.29) is 5.76 Å². The fourth-order valence-corrected chi connectivity index (χ4v) is 2.59. The summed E-state index contributed by atoms with van der Waals surface area (Å²) in [5.41, 5.74) is 1.03. The molecule has 0 radical (unpaired) electrons. The fraction of sp³-hybridized carbons (Fsp3) is 0.571. The van der Waals surface area contributed by atoms with Crippen LogP contribution in [0.1, 0.15) is 58.3 Å². The number of methoxy groups -OCH3 is 2. The molecule has 0 unspecified atom stereocenters. The average Bonchev–Trinajstić information content (AvgIpc) is 2.61. The molecule has 0 aromatic heterocycles. The zero-order valence-electron chi connectivity index (χ0n) is 15.9. The first-order chi connectivity index (χ1) is 12.2. The van der Waals surface area contributed by atoms with Crippen LogP contribution in [0.2, 0.25) is 0 Å². The highest BCUT2D eigenvalue weighted by molar-refractivity contribution is 5.86. The second-order valence-corrected chi connectivity index (χ2v) is 6.16. The quantitative estimate of drug-likeness (QED) is 0.641. The van der Waals surface area contributed by atoms with Crippen LogP contribution in [0.5, 0.6) is 0 Å². The summed E-state index contributed by atoms with van der Waals surface area (Å²) in [7, 11) is 3.21. The summed E-state index contributed by atoms with van der Waals surface area (Å²) in [6.07, 6.45) is 18.5. The minimum Gasteiger partial charge on any atom is -0.501 e. The predicted octanol–water partition coefficient (Wildman–Crippen LogP) is 5.23. The van der Waals surface area contributed by atoms with Crippen LogP contribution in [-0.2, 0) is 19.0 Å². The van der Waals surface area contributed by atoms with Gasteiger partial charge in [-0.05, 0) is 44.8 Å². The van der Waals surface area contributed by atoms with Crippen molar-refractivity contribution >= 4 is 5.97 Å². The molecule has 140 valence electrons. The Bertz CT molecular complexity index is 512. The highest BCUT2D eigenvalue weighted by Crippen LogP contribution is 2.14. The van der Waals surface area contributed by atoms with Gasteiger partial charge in [-0.2, -0.15) is 0 Å². The highest BCUT2D eigenvalue weighted by Gasteiger charge is 2.10. The van der Waals surface area contributed by atoms with Gasteiger partial charge in [-0.1, -0.05) is 43.1 Å². The van der Waals surface area contributed by atoms with E-state index in [0.717, 1.165) is 37.0 Å². The molecule has 0 amide bonds. The number of rotatable bonds is 2. The van der Waals surface area contributed by atoms with Crippen molar-refractivity contribution in [2.75, 3.05) is 20.8 Å². The summed E-state index contributed by atoms with van der Waals surface area (Å²) in [6.45, 7) is 2.31. The maximum atomic E-state index is 12.0. The van der Waals surface area contributed by atoms with Gasteiger partial charge in [-0.3, -0.25) is 0 Å². The van der Waals surface area contributed by atoms with Gasteiger partial charge in [0.1, 0.15) is 0 Å². The van der Waals surface area contributed by atoms with Crippen LogP contribution in [0.3, 0.4) is 0 Å². The van der Waals surface area contributed by atoms with E-state index in [0.29, 0.717) is 13.0 Å². The fourth-order valence-electron chi connectivity index (χ4n) is 2.59. The third kappa shape index (κ3) is 9.80. The Morgan fingerprint density at radius 3 is 2.52 bits per heavy atom. The number of hydrogen-bond acceptors (Lipinski definition) is 4. The lowest BCUT2D eigenvalue weighted by Crippen LogP contribution is -2.10. The topological polar surface area (TPSA) is 44.8 Å². The van der Waals surface area contributed by atoms with Gasteiger partial charge < -0.3 is 14.2 Å². The van der Waals surface area contributed by atoms with Crippen LogP contribution in [0.4, 0.5) is 0 Å². The first kappa shape index (κ1) is 21.1. The van der Waals surface area contributed by atoms with Gasteiger partial charge in [0.25, 0.3) is 0 Å². The predicted molar refractivity (Wildman–Crippen MR) is 101 cm³/mol. The molecule has 25 heavy (non-hydrogen) atoms. The van der Waals surface area contributed by atoms with Gasteiger partial charge in [0.05, 0.1) is 26.6 Å². The van der Waals surface area contributed by atoms with Crippen molar-refractivity contribution in [2.24, 2.45) is 0 Å². The molecule has 1 heterocycles. The minimum atomic E-state index is -0.422. The van der Waals surface area contributed by atoms with E-state index in [2.05, 4.69) is 6.08 Å². The first-order valence-electron chi connectivity index (χ1n) is 9.16. The van der Waals surface area contributed by atoms with Gasteiger partial charge in [0.2, 0.25) is 5.76 Å². The SMILES string of the molecule is CO/C1=C\C(C)=C\CCCCCCC/C(OC)=C\C=C\CCOC1=O. The Morgan fingerprint density at radius 1 is 1.00 bits per heavy atom. The second-order valence-electron chi connectivity index (χ2n) is 6.16. The van der Waals surface area contributed by atoms with E-state index in [1.54, 1.807) is 13.2 Å². The molecule has 0 saturated carbocycles. The standard InChI is InChI=1S/C21H32O4/c1-18-13-9-6-4-5-7-10-14-19(23-2)15-11-8-12-16-25-21(22)20(17-18)24-3/h8,11,13,15,17H,4-7,9-10,12,14,16H2,1-3H3/b11-8+,18-13+,19-15+,20-17-. The van der Waals surface area contributed by atoms with Gasteiger partial charge in [-0.25, -0.2) is 4.79 Å². The number of carbonyl (C=O) groups is 1. The smallest absolute Gasteiger partial charge is 0.373 e. The van der Waals surface area contributed by atoms with Gasteiger partial charge in [-0.15, -0.1) is 0 Å². The van der Waals surface area contributed by atoms with Gasteiger partial charge in [0, 0.05) is 6.42 Å². The van der Waals surface area contributed by atoms with Gasteiger partial charge >= 0.3 is 5.97 Å². The Hall–Kier alpha value is -1.97. The summed E-state index contributed by atoms with van der Waals surface area (Å²) in [5.74, 6) is 0.821. The van der Waals surface area contributed by atoms with Crippen molar-refractivity contribution in [3.05, 3.63) is 47.5 Å². The van der Waals surface area contributed by atoms with Crippen LogP contribution in [0, 0.1) is 0 Å². The number of allylic oxidation sites excluding steroid dienone is 6. The summed E-state index contributed by atoms with van der Waals surface area (Å²) in [5, 5.41) is 0. The van der Waals surface area contributed by atoms with Crippen molar-refractivity contribution in [3.8, 4) is 0 Å². The summed E-state index contributed by atoms with van der Waals surface area (Å²) < 4.78 is 15.8. The summed E-state index contributed by atoms with van der Waals surface area (Å²) >= 11 is 0. The molecule has 0 spiro atoms. The Morgan fingerprint density at radius 2 is 1.76 bits per heavy atom. The van der Waals surface area contributed by atoms with Crippen molar-refractivity contribution in [2.45, 2.75) is 58.3 Å². The molecular formula is C21H32O4. The number of esters is 1. The van der Waals surface area contributed by atoms with Crippen LogP contribution < -0.4 is 0 Å². The zero-order valence-corrected chi connectivity index (χ0v) is 15.9. The molecule has 0 fully saturated rings.